The fourth-order valence-electron chi connectivity index (χ4n) is 3.07. The van der Waals surface area contributed by atoms with Crippen molar-refractivity contribution in [1.29, 1.82) is 0 Å². The molecule has 0 saturated heterocycles. The predicted octanol–water partition coefficient (Wildman–Crippen LogP) is 4.88. The SMILES string of the molecule is O=C(CSc1ccc(O)cc1)Nc1ncc(-c2ccc(O)cc2)nc1Cc1ccccc1. The van der Waals surface area contributed by atoms with Crippen LogP contribution >= 0.6 is 11.8 Å². The Morgan fingerprint density at radius 3 is 2.22 bits per heavy atom. The average molecular weight is 444 g/mol. The van der Waals surface area contributed by atoms with E-state index in [1.54, 1.807) is 54.7 Å². The minimum absolute atomic E-state index is 0.182. The van der Waals surface area contributed by atoms with E-state index in [9.17, 15) is 15.0 Å². The third-order valence-corrected chi connectivity index (χ3v) is 5.70. The third kappa shape index (κ3) is 5.65. The Kier molecular flexibility index (Phi) is 6.67. The molecule has 0 unspecified atom stereocenters. The molecule has 0 bridgehead atoms. The molecule has 160 valence electrons. The lowest BCUT2D eigenvalue weighted by Gasteiger charge is -2.12. The van der Waals surface area contributed by atoms with Gasteiger partial charge in [0.2, 0.25) is 5.91 Å². The molecule has 1 heterocycles. The van der Waals surface area contributed by atoms with Crippen LogP contribution in [0.2, 0.25) is 0 Å². The number of nitrogens with zero attached hydrogens (tertiary/aromatic N) is 2. The first-order valence-corrected chi connectivity index (χ1v) is 11.0. The van der Waals surface area contributed by atoms with Gasteiger partial charge in [-0.25, -0.2) is 9.97 Å². The number of phenols is 2. The first kappa shape index (κ1) is 21.4. The average Bonchev–Trinajstić information content (AvgIpc) is 2.81. The molecule has 0 aliphatic rings. The molecule has 0 saturated carbocycles. The second-order valence-electron chi connectivity index (χ2n) is 7.09. The van der Waals surface area contributed by atoms with Crippen LogP contribution in [0.15, 0.2) is 90.0 Å². The summed E-state index contributed by atoms with van der Waals surface area (Å²) >= 11 is 1.37. The van der Waals surface area contributed by atoms with Gasteiger partial charge in [-0.3, -0.25) is 4.79 Å². The van der Waals surface area contributed by atoms with Gasteiger partial charge in [0.1, 0.15) is 11.5 Å². The molecule has 3 aromatic carbocycles. The van der Waals surface area contributed by atoms with Gasteiger partial charge in [0.05, 0.1) is 23.3 Å². The zero-order valence-corrected chi connectivity index (χ0v) is 17.9. The minimum atomic E-state index is -0.191. The molecule has 0 spiro atoms. The van der Waals surface area contributed by atoms with Gasteiger partial charge >= 0.3 is 0 Å². The summed E-state index contributed by atoms with van der Waals surface area (Å²) in [6.07, 6.45) is 2.13. The summed E-state index contributed by atoms with van der Waals surface area (Å²) in [5, 5.41) is 21.8. The quantitative estimate of drug-likeness (QED) is 0.353. The minimum Gasteiger partial charge on any atom is -0.508 e. The lowest BCUT2D eigenvalue weighted by Crippen LogP contribution is -2.17. The molecule has 0 radical (unpaired) electrons. The Balaban J connectivity index is 1.54. The number of carbonyl (C=O) groups excluding carboxylic acids is 1. The van der Waals surface area contributed by atoms with Gasteiger partial charge in [-0.05, 0) is 54.1 Å². The van der Waals surface area contributed by atoms with Crippen LogP contribution in [-0.2, 0) is 11.2 Å². The van der Waals surface area contributed by atoms with Gasteiger partial charge in [-0.15, -0.1) is 11.8 Å². The first-order valence-electron chi connectivity index (χ1n) is 9.98. The van der Waals surface area contributed by atoms with E-state index < -0.39 is 0 Å². The van der Waals surface area contributed by atoms with Crippen molar-refractivity contribution in [3.05, 3.63) is 96.3 Å². The molecule has 6 nitrogen and oxygen atoms in total. The normalized spacial score (nSPS) is 10.6. The molecule has 4 aromatic rings. The number of nitrogens with one attached hydrogen (secondary N) is 1. The maximum absolute atomic E-state index is 12.6. The molecule has 1 aromatic heterocycles. The summed E-state index contributed by atoms with van der Waals surface area (Å²) in [5.74, 6) is 0.808. The summed E-state index contributed by atoms with van der Waals surface area (Å²) in [6.45, 7) is 0. The van der Waals surface area contributed by atoms with Crippen molar-refractivity contribution in [2.45, 2.75) is 11.3 Å². The van der Waals surface area contributed by atoms with Crippen molar-refractivity contribution in [2.24, 2.45) is 0 Å². The maximum atomic E-state index is 12.6. The number of amides is 1. The first-order chi connectivity index (χ1) is 15.6. The Morgan fingerprint density at radius 2 is 1.53 bits per heavy atom. The Hall–Kier alpha value is -3.84. The molecule has 3 N–H and O–H groups in total. The number of rotatable bonds is 7. The van der Waals surface area contributed by atoms with E-state index in [1.807, 2.05) is 30.3 Å². The predicted molar refractivity (Wildman–Crippen MR) is 126 cm³/mol. The van der Waals surface area contributed by atoms with Gasteiger partial charge in [-0.2, -0.15) is 0 Å². The number of anilines is 1. The summed E-state index contributed by atoms with van der Waals surface area (Å²) in [5.41, 5.74) is 3.20. The van der Waals surface area contributed by atoms with Gasteiger partial charge in [-0.1, -0.05) is 30.3 Å². The van der Waals surface area contributed by atoms with Crippen molar-refractivity contribution in [1.82, 2.24) is 9.97 Å². The summed E-state index contributed by atoms with van der Waals surface area (Å²) < 4.78 is 0. The number of aromatic nitrogens is 2. The standard InChI is InChI=1S/C25H21N3O3S/c29-19-8-6-18(7-9-19)23-15-26-25(22(27-23)14-17-4-2-1-3-5-17)28-24(31)16-32-21-12-10-20(30)11-13-21/h1-13,15,29-30H,14,16H2,(H,26,28,31). The Morgan fingerprint density at radius 1 is 0.875 bits per heavy atom. The largest absolute Gasteiger partial charge is 0.508 e. The molecule has 7 heteroatoms. The van der Waals surface area contributed by atoms with Crippen LogP contribution in [0.3, 0.4) is 0 Å². The van der Waals surface area contributed by atoms with Gasteiger partial charge in [0, 0.05) is 16.9 Å². The van der Waals surface area contributed by atoms with Gasteiger partial charge < -0.3 is 15.5 Å². The van der Waals surface area contributed by atoms with Crippen molar-refractivity contribution in [2.75, 3.05) is 11.1 Å². The highest BCUT2D eigenvalue weighted by Gasteiger charge is 2.13. The number of aromatic hydroxyl groups is 2. The van der Waals surface area contributed by atoms with Crippen LogP contribution in [-0.4, -0.2) is 31.8 Å². The highest BCUT2D eigenvalue weighted by molar-refractivity contribution is 8.00. The van der Waals surface area contributed by atoms with E-state index in [2.05, 4.69) is 10.3 Å². The van der Waals surface area contributed by atoms with E-state index in [4.69, 9.17) is 4.98 Å². The van der Waals surface area contributed by atoms with Crippen molar-refractivity contribution >= 4 is 23.5 Å². The molecule has 0 aliphatic heterocycles. The number of hydrogen-bond acceptors (Lipinski definition) is 6. The molecule has 0 fully saturated rings. The number of hydrogen-bond donors (Lipinski definition) is 3. The van der Waals surface area contributed by atoms with Crippen molar-refractivity contribution in [3.8, 4) is 22.8 Å². The zero-order chi connectivity index (χ0) is 22.3. The number of phenolic OH excluding ortho intramolecular Hbond substituents is 2. The number of benzene rings is 3. The molecule has 1 amide bonds. The molecule has 0 atom stereocenters. The van der Waals surface area contributed by atoms with Crippen molar-refractivity contribution < 1.29 is 15.0 Å². The van der Waals surface area contributed by atoms with Crippen LogP contribution in [0, 0.1) is 0 Å². The summed E-state index contributed by atoms with van der Waals surface area (Å²) in [4.78, 5) is 22.7. The second kappa shape index (κ2) is 9.98. The van der Waals surface area contributed by atoms with Crippen molar-refractivity contribution in [3.63, 3.8) is 0 Å². The van der Waals surface area contributed by atoms with Gasteiger partial charge in [0.15, 0.2) is 5.82 Å². The fraction of sp³-hybridized carbons (Fsp3) is 0.0800. The number of thioether (sulfide) groups is 1. The highest BCUT2D eigenvalue weighted by Crippen LogP contribution is 2.24. The molecular formula is C25H21N3O3S. The Bertz CT molecular complexity index is 1200. The van der Waals surface area contributed by atoms with E-state index in [1.165, 1.54) is 11.8 Å². The Labute approximate surface area is 190 Å². The van der Waals surface area contributed by atoms with E-state index in [-0.39, 0.29) is 23.2 Å². The molecule has 0 aliphatic carbocycles. The molecule has 32 heavy (non-hydrogen) atoms. The highest BCUT2D eigenvalue weighted by atomic mass is 32.2. The van der Waals surface area contributed by atoms with Crippen LogP contribution in [0.1, 0.15) is 11.3 Å². The topological polar surface area (TPSA) is 95.3 Å². The monoisotopic (exact) mass is 443 g/mol. The molecule has 4 rings (SSSR count). The van der Waals surface area contributed by atoms with Crippen LogP contribution in [0.25, 0.3) is 11.3 Å². The third-order valence-electron chi connectivity index (χ3n) is 4.69. The van der Waals surface area contributed by atoms with E-state index >= 15 is 0 Å². The zero-order valence-electron chi connectivity index (χ0n) is 17.1. The van der Waals surface area contributed by atoms with Crippen LogP contribution in [0.5, 0.6) is 11.5 Å². The number of carbonyl (C=O) groups is 1. The smallest absolute Gasteiger partial charge is 0.235 e. The fourth-order valence-corrected chi connectivity index (χ4v) is 3.77. The summed E-state index contributed by atoms with van der Waals surface area (Å²) in [7, 11) is 0. The maximum Gasteiger partial charge on any atom is 0.235 e. The lowest BCUT2D eigenvalue weighted by molar-refractivity contribution is -0.113. The lowest BCUT2D eigenvalue weighted by atomic mass is 10.1. The van der Waals surface area contributed by atoms with E-state index in [0.29, 0.717) is 23.6 Å². The van der Waals surface area contributed by atoms with Crippen LogP contribution in [0.4, 0.5) is 5.82 Å². The van der Waals surface area contributed by atoms with E-state index in [0.717, 1.165) is 16.0 Å². The second-order valence-corrected chi connectivity index (χ2v) is 8.14. The summed E-state index contributed by atoms with van der Waals surface area (Å²) in [6, 6.07) is 23.3. The molecular weight excluding hydrogens is 422 g/mol. The van der Waals surface area contributed by atoms with Gasteiger partial charge in [0.25, 0.3) is 0 Å². The van der Waals surface area contributed by atoms with Crippen LogP contribution < -0.4 is 5.32 Å².